The highest BCUT2D eigenvalue weighted by Gasteiger charge is 2.38. The number of hydrogen-bond acceptors (Lipinski definition) is 2. The Morgan fingerprint density at radius 3 is 2.38 bits per heavy atom. The molecule has 0 bridgehead atoms. The molecule has 1 saturated carbocycles. The summed E-state index contributed by atoms with van der Waals surface area (Å²) in [4.78, 5) is 0. The van der Waals surface area contributed by atoms with E-state index >= 15 is 0 Å². The first-order valence-electron chi connectivity index (χ1n) is 7.94. The maximum Gasteiger partial charge on any atom is 0.128 e. The Morgan fingerprint density at radius 2 is 1.86 bits per heavy atom. The van der Waals surface area contributed by atoms with Crippen molar-refractivity contribution >= 4 is 0 Å². The van der Waals surface area contributed by atoms with E-state index in [1.165, 1.54) is 6.07 Å². The molecule has 2 nitrogen and oxygen atoms in total. The number of ether oxygens (including phenoxy) is 1. The van der Waals surface area contributed by atoms with E-state index in [0.29, 0.717) is 30.0 Å². The van der Waals surface area contributed by atoms with Gasteiger partial charge in [-0.15, -0.1) is 0 Å². The second kappa shape index (κ2) is 6.45. The van der Waals surface area contributed by atoms with Crippen LogP contribution in [-0.4, -0.2) is 12.1 Å². The van der Waals surface area contributed by atoms with Crippen molar-refractivity contribution in [3.8, 4) is 0 Å². The molecule has 0 atom stereocenters. The van der Waals surface area contributed by atoms with Gasteiger partial charge < -0.3 is 10.5 Å². The molecule has 1 aromatic rings. The SMILES string of the molecule is CC(C)(C)C1CCC(CN)(OCc2ccccc2F)CC1. The predicted molar refractivity (Wildman–Crippen MR) is 84.4 cm³/mol. The minimum atomic E-state index is -0.274. The lowest BCUT2D eigenvalue weighted by Crippen LogP contribution is -2.45. The molecule has 118 valence electrons. The molecule has 0 aromatic heterocycles. The third kappa shape index (κ3) is 4.04. The highest BCUT2D eigenvalue weighted by Crippen LogP contribution is 2.42. The first kappa shape index (κ1) is 16.4. The molecule has 2 N–H and O–H groups in total. The summed E-state index contributed by atoms with van der Waals surface area (Å²) in [6, 6.07) is 6.80. The van der Waals surface area contributed by atoms with Gasteiger partial charge in [0.1, 0.15) is 5.82 Å². The van der Waals surface area contributed by atoms with Crippen LogP contribution in [0.15, 0.2) is 24.3 Å². The molecule has 0 saturated heterocycles. The highest BCUT2D eigenvalue weighted by atomic mass is 19.1. The number of halogens is 1. The van der Waals surface area contributed by atoms with Crippen molar-refractivity contribution in [2.24, 2.45) is 17.1 Å². The van der Waals surface area contributed by atoms with Crippen molar-refractivity contribution in [3.63, 3.8) is 0 Å². The van der Waals surface area contributed by atoms with Gasteiger partial charge in [-0.25, -0.2) is 4.39 Å². The van der Waals surface area contributed by atoms with Gasteiger partial charge in [0.15, 0.2) is 0 Å². The molecule has 0 radical (unpaired) electrons. The smallest absolute Gasteiger partial charge is 0.128 e. The molecule has 2 rings (SSSR count). The molecule has 1 fully saturated rings. The molecule has 0 spiro atoms. The number of hydrogen-bond donors (Lipinski definition) is 1. The Balaban J connectivity index is 1.96. The minimum absolute atomic E-state index is 0.201. The largest absolute Gasteiger partial charge is 0.369 e. The first-order valence-corrected chi connectivity index (χ1v) is 7.94. The molecule has 21 heavy (non-hydrogen) atoms. The van der Waals surface area contributed by atoms with Gasteiger partial charge in [-0.05, 0) is 43.1 Å². The van der Waals surface area contributed by atoms with Crippen LogP contribution in [0.4, 0.5) is 4.39 Å². The zero-order valence-electron chi connectivity index (χ0n) is 13.5. The summed E-state index contributed by atoms with van der Waals surface area (Å²) in [5, 5.41) is 0. The van der Waals surface area contributed by atoms with Crippen molar-refractivity contribution in [3.05, 3.63) is 35.6 Å². The fraction of sp³-hybridized carbons (Fsp3) is 0.667. The lowest BCUT2D eigenvalue weighted by Gasteiger charge is -2.43. The fourth-order valence-electron chi connectivity index (χ4n) is 3.26. The minimum Gasteiger partial charge on any atom is -0.369 e. The van der Waals surface area contributed by atoms with Crippen LogP contribution >= 0.6 is 0 Å². The van der Waals surface area contributed by atoms with E-state index in [4.69, 9.17) is 10.5 Å². The Hall–Kier alpha value is -0.930. The van der Waals surface area contributed by atoms with E-state index in [0.717, 1.165) is 25.7 Å². The standard InChI is InChI=1S/C18H28FNO/c1-17(2,3)15-8-10-18(13-20,11-9-15)21-12-14-6-4-5-7-16(14)19/h4-7,15H,8-13,20H2,1-3H3. The van der Waals surface area contributed by atoms with Crippen molar-refractivity contribution in [1.29, 1.82) is 0 Å². The van der Waals surface area contributed by atoms with Crippen molar-refractivity contribution in [2.45, 2.75) is 58.7 Å². The Labute approximate surface area is 127 Å². The van der Waals surface area contributed by atoms with E-state index in [-0.39, 0.29) is 11.4 Å². The van der Waals surface area contributed by atoms with Crippen LogP contribution < -0.4 is 5.73 Å². The van der Waals surface area contributed by atoms with Crippen molar-refractivity contribution < 1.29 is 9.13 Å². The summed E-state index contributed by atoms with van der Waals surface area (Å²) < 4.78 is 19.8. The maximum atomic E-state index is 13.7. The molecule has 3 heteroatoms. The second-order valence-electron chi connectivity index (χ2n) is 7.41. The van der Waals surface area contributed by atoms with Gasteiger partial charge in [0.2, 0.25) is 0 Å². The van der Waals surface area contributed by atoms with Crippen molar-refractivity contribution in [1.82, 2.24) is 0 Å². The van der Waals surface area contributed by atoms with Gasteiger partial charge in [-0.3, -0.25) is 0 Å². The Bertz CT molecular complexity index is 459. The Kier molecular flexibility index (Phi) is 5.05. The summed E-state index contributed by atoms with van der Waals surface area (Å²) in [5.74, 6) is 0.516. The lowest BCUT2D eigenvalue weighted by atomic mass is 9.68. The maximum absolute atomic E-state index is 13.7. The predicted octanol–water partition coefficient (Wildman–Crippen LogP) is 4.28. The fourth-order valence-corrected chi connectivity index (χ4v) is 3.26. The third-order valence-corrected chi connectivity index (χ3v) is 4.99. The molecular formula is C18H28FNO. The summed E-state index contributed by atoms with van der Waals surface area (Å²) >= 11 is 0. The monoisotopic (exact) mass is 293 g/mol. The van der Waals surface area contributed by atoms with Gasteiger partial charge in [-0.1, -0.05) is 39.0 Å². The third-order valence-electron chi connectivity index (χ3n) is 4.99. The Morgan fingerprint density at radius 1 is 1.24 bits per heavy atom. The van der Waals surface area contributed by atoms with E-state index < -0.39 is 0 Å². The molecule has 1 aliphatic carbocycles. The molecule has 0 amide bonds. The normalized spacial score (nSPS) is 26.8. The zero-order valence-corrected chi connectivity index (χ0v) is 13.5. The summed E-state index contributed by atoms with van der Waals surface area (Å²) in [6.07, 6.45) is 4.22. The average Bonchev–Trinajstić information content (AvgIpc) is 2.46. The van der Waals surface area contributed by atoms with E-state index in [1.807, 2.05) is 6.07 Å². The summed E-state index contributed by atoms with van der Waals surface area (Å²) in [7, 11) is 0. The molecule has 0 aliphatic heterocycles. The highest BCUT2D eigenvalue weighted by molar-refractivity contribution is 5.16. The van der Waals surface area contributed by atoms with Gasteiger partial charge in [0, 0.05) is 12.1 Å². The first-order chi connectivity index (χ1) is 9.86. The lowest BCUT2D eigenvalue weighted by molar-refractivity contribution is -0.0895. The number of benzene rings is 1. The van der Waals surface area contributed by atoms with Crippen LogP contribution in [0.25, 0.3) is 0 Å². The molecule has 0 heterocycles. The molecule has 0 unspecified atom stereocenters. The van der Waals surface area contributed by atoms with Gasteiger partial charge in [0.25, 0.3) is 0 Å². The quantitative estimate of drug-likeness (QED) is 0.899. The van der Waals surface area contributed by atoms with E-state index in [1.54, 1.807) is 12.1 Å². The van der Waals surface area contributed by atoms with Crippen molar-refractivity contribution in [2.75, 3.05) is 6.54 Å². The summed E-state index contributed by atoms with van der Waals surface area (Å²) in [6.45, 7) is 7.72. The number of rotatable bonds is 4. The van der Waals surface area contributed by atoms with Gasteiger partial charge >= 0.3 is 0 Å². The van der Waals surface area contributed by atoms with Crippen LogP contribution in [0.5, 0.6) is 0 Å². The van der Waals surface area contributed by atoms with Crippen LogP contribution in [0.2, 0.25) is 0 Å². The zero-order chi connectivity index (χ0) is 15.5. The summed E-state index contributed by atoms with van der Waals surface area (Å²) in [5.41, 5.74) is 6.66. The topological polar surface area (TPSA) is 35.2 Å². The van der Waals surface area contributed by atoms with E-state index in [9.17, 15) is 4.39 Å². The average molecular weight is 293 g/mol. The van der Waals surface area contributed by atoms with Gasteiger partial charge in [0.05, 0.1) is 12.2 Å². The molecule has 1 aliphatic rings. The van der Waals surface area contributed by atoms with Crippen LogP contribution in [0, 0.1) is 17.2 Å². The van der Waals surface area contributed by atoms with Crippen LogP contribution in [0.3, 0.4) is 0 Å². The number of nitrogens with two attached hydrogens (primary N) is 1. The second-order valence-corrected chi connectivity index (χ2v) is 7.41. The van der Waals surface area contributed by atoms with Crippen LogP contribution in [-0.2, 0) is 11.3 Å². The van der Waals surface area contributed by atoms with Gasteiger partial charge in [-0.2, -0.15) is 0 Å². The molecular weight excluding hydrogens is 265 g/mol. The van der Waals surface area contributed by atoms with Crippen LogP contribution in [0.1, 0.15) is 52.0 Å². The molecule has 1 aromatic carbocycles. The van der Waals surface area contributed by atoms with E-state index in [2.05, 4.69) is 20.8 Å².